The van der Waals surface area contributed by atoms with Crippen LogP contribution in [0.15, 0.2) is 24.3 Å². The summed E-state index contributed by atoms with van der Waals surface area (Å²) in [5.74, 6) is 0. The van der Waals surface area contributed by atoms with Crippen LogP contribution in [0.4, 0.5) is 0 Å². The van der Waals surface area contributed by atoms with E-state index in [2.05, 4.69) is 24.3 Å². The summed E-state index contributed by atoms with van der Waals surface area (Å²) >= 11 is -0.311. The van der Waals surface area contributed by atoms with Crippen LogP contribution in [0.3, 0.4) is 0 Å². The summed E-state index contributed by atoms with van der Waals surface area (Å²) in [4.78, 5) is 0. The molecule has 0 fully saturated rings. The molecule has 0 bridgehead atoms. The summed E-state index contributed by atoms with van der Waals surface area (Å²) in [5.41, 5.74) is 0. The zero-order valence-electron chi connectivity index (χ0n) is 3.97. The van der Waals surface area contributed by atoms with Gasteiger partial charge in [-0.2, -0.15) is 0 Å². The lowest BCUT2D eigenvalue weighted by Gasteiger charge is -1.89. The second-order valence-electron chi connectivity index (χ2n) is 1.59. The number of allylic oxidation sites excluding steroid dienone is 4. The molecule has 0 atom stereocenters. The van der Waals surface area contributed by atoms with Crippen LogP contribution in [-0.2, 0) is 0 Å². The minimum atomic E-state index is -0.311. The van der Waals surface area contributed by atoms with Crippen molar-refractivity contribution >= 4 is 28.3 Å². The molecule has 7 heavy (non-hydrogen) atoms. The van der Waals surface area contributed by atoms with Gasteiger partial charge in [0.05, 0.1) is 0 Å². The molecule has 0 saturated heterocycles. The van der Waals surface area contributed by atoms with Crippen LogP contribution >= 0.6 is 9.07 Å². The monoisotopic (exact) mass is 124 g/mol. The number of hydrogen-bond donors (Lipinski definition) is 0. The second-order valence-corrected chi connectivity index (χ2v) is 3.77. The highest BCUT2D eigenvalue weighted by Crippen LogP contribution is 2.13. The van der Waals surface area contributed by atoms with Crippen LogP contribution in [0, 0.1) is 0 Å². The van der Waals surface area contributed by atoms with Gasteiger partial charge in [-0.05, 0) is 0 Å². The van der Waals surface area contributed by atoms with Crippen molar-refractivity contribution in [3.63, 3.8) is 0 Å². The van der Waals surface area contributed by atoms with Crippen molar-refractivity contribution in [1.29, 1.82) is 0 Å². The van der Waals surface area contributed by atoms with E-state index in [4.69, 9.17) is 9.07 Å². The van der Waals surface area contributed by atoms with Crippen molar-refractivity contribution in [3.05, 3.63) is 24.3 Å². The molecule has 0 nitrogen and oxygen atoms in total. The predicted molar refractivity (Wildman–Crippen MR) is 33.6 cm³/mol. The Balaban J connectivity index is 2.44. The molecule has 0 radical (unpaired) electrons. The topological polar surface area (TPSA) is 0 Å². The molecule has 1 aliphatic carbocycles. The number of halogens is 1. The zero-order chi connectivity index (χ0) is 5.11. The Hall–Kier alpha value is 0.536. The fourth-order valence-corrected chi connectivity index (χ4v) is 1.72. The molecular formula is C5H5ClMg. The van der Waals surface area contributed by atoms with Crippen LogP contribution in [-0.4, -0.2) is 19.3 Å². The molecule has 0 aromatic carbocycles. The normalized spacial score (nSPS) is 17.9. The summed E-state index contributed by atoms with van der Waals surface area (Å²) in [6.07, 6.45) is 8.42. The highest BCUT2D eigenvalue weighted by Gasteiger charge is 2.03. The first-order valence-electron chi connectivity index (χ1n) is 2.34. The van der Waals surface area contributed by atoms with Gasteiger partial charge in [0.2, 0.25) is 0 Å². The molecule has 2 heteroatoms. The summed E-state index contributed by atoms with van der Waals surface area (Å²) in [5, 5.41) is 0. The molecule has 0 amide bonds. The lowest BCUT2D eigenvalue weighted by Crippen LogP contribution is -1.83. The first kappa shape index (κ1) is 5.67. The number of rotatable bonds is 1. The minimum absolute atomic E-state index is 0.311. The molecule has 0 spiro atoms. The van der Waals surface area contributed by atoms with E-state index in [0.717, 1.165) is 0 Å². The lowest BCUT2D eigenvalue weighted by atomic mass is 10.5. The highest BCUT2D eigenvalue weighted by atomic mass is 35.5. The molecular weight excluding hydrogens is 120 g/mol. The van der Waals surface area contributed by atoms with Crippen molar-refractivity contribution in [2.75, 3.05) is 0 Å². The Kier molecular flexibility index (Phi) is 2.23. The van der Waals surface area contributed by atoms with Gasteiger partial charge in [-0.15, -0.1) is 12.2 Å². The van der Waals surface area contributed by atoms with Gasteiger partial charge in [-0.1, -0.05) is 16.2 Å². The van der Waals surface area contributed by atoms with Gasteiger partial charge in [-0.25, -0.2) is 0 Å². The number of hydrogen-bond acceptors (Lipinski definition) is 0. The van der Waals surface area contributed by atoms with Crippen LogP contribution in [0.1, 0.15) is 0 Å². The van der Waals surface area contributed by atoms with E-state index in [1.165, 1.54) is 0 Å². The maximum Gasteiger partial charge on any atom is 0.512 e. The van der Waals surface area contributed by atoms with E-state index < -0.39 is 0 Å². The third-order valence-corrected chi connectivity index (χ3v) is 2.98. The second kappa shape index (κ2) is 2.75. The summed E-state index contributed by atoms with van der Waals surface area (Å²) in [6, 6.07) is 0. The molecule has 0 N–H and O–H groups in total. The van der Waals surface area contributed by atoms with Crippen molar-refractivity contribution in [2.24, 2.45) is 0 Å². The lowest BCUT2D eigenvalue weighted by molar-refractivity contribution is 1.42. The fraction of sp³-hybridized carbons (Fsp3) is 0.200. The Morgan fingerprint density at radius 1 is 1.29 bits per heavy atom. The largest absolute Gasteiger partial charge is 0.512 e. The quantitative estimate of drug-likeness (QED) is 0.468. The van der Waals surface area contributed by atoms with Crippen LogP contribution in [0.25, 0.3) is 0 Å². The molecule has 34 valence electrons. The standard InChI is InChI=1S/C5H5.ClH.Mg/c1-2-4-5-3-1;;/h1-5H;1H;/q;;+1/p-1. The van der Waals surface area contributed by atoms with Gasteiger partial charge in [-0.3, -0.25) is 0 Å². The molecule has 1 rings (SSSR count). The molecule has 0 heterocycles. The third-order valence-electron chi connectivity index (χ3n) is 1.01. The third kappa shape index (κ3) is 1.48. The van der Waals surface area contributed by atoms with Crippen molar-refractivity contribution < 1.29 is 0 Å². The summed E-state index contributed by atoms with van der Waals surface area (Å²) in [7, 11) is 5.64. The van der Waals surface area contributed by atoms with Gasteiger partial charge in [0, 0.05) is 0 Å². The van der Waals surface area contributed by atoms with E-state index in [0.29, 0.717) is 4.05 Å². The van der Waals surface area contributed by atoms with Crippen LogP contribution < -0.4 is 0 Å². The van der Waals surface area contributed by atoms with Gasteiger partial charge in [0.15, 0.2) is 0 Å². The molecule has 0 saturated carbocycles. The molecule has 0 aliphatic heterocycles. The zero-order valence-corrected chi connectivity index (χ0v) is 6.14. The van der Waals surface area contributed by atoms with Gasteiger partial charge >= 0.3 is 19.3 Å². The summed E-state index contributed by atoms with van der Waals surface area (Å²) in [6.45, 7) is 0. The highest BCUT2D eigenvalue weighted by molar-refractivity contribution is 6.95. The Labute approximate surface area is 56.7 Å². The van der Waals surface area contributed by atoms with E-state index in [1.54, 1.807) is 0 Å². The molecule has 0 aromatic heterocycles. The summed E-state index contributed by atoms with van der Waals surface area (Å²) < 4.78 is 0.640. The first-order valence-corrected chi connectivity index (χ1v) is 5.30. The van der Waals surface area contributed by atoms with E-state index in [9.17, 15) is 0 Å². The molecule has 1 aliphatic rings. The van der Waals surface area contributed by atoms with Gasteiger partial charge in [0.25, 0.3) is 0 Å². The van der Waals surface area contributed by atoms with E-state index in [1.807, 2.05) is 0 Å². The Bertz CT molecular complexity index is 94.6. The van der Waals surface area contributed by atoms with Crippen LogP contribution in [0.5, 0.6) is 0 Å². The fourth-order valence-electron chi connectivity index (χ4n) is 0.581. The SMILES string of the molecule is [Cl][Mg][CH]1C=CC=C1. The maximum absolute atomic E-state index is 5.64. The Morgan fingerprint density at radius 3 is 2.14 bits per heavy atom. The van der Waals surface area contributed by atoms with E-state index >= 15 is 0 Å². The van der Waals surface area contributed by atoms with E-state index in [-0.39, 0.29) is 19.3 Å². The Morgan fingerprint density at radius 2 is 1.86 bits per heavy atom. The van der Waals surface area contributed by atoms with Crippen LogP contribution in [0.2, 0.25) is 4.05 Å². The maximum atomic E-state index is 5.64. The first-order chi connectivity index (χ1) is 3.43. The van der Waals surface area contributed by atoms with Crippen molar-refractivity contribution in [1.82, 2.24) is 0 Å². The molecule has 0 unspecified atom stereocenters. The predicted octanol–water partition coefficient (Wildman–Crippen LogP) is 1.76. The van der Waals surface area contributed by atoms with Crippen molar-refractivity contribution in [2.45, 2.75) is 4.05 Å². The minimum Gasteiger partial charge on any atom is -0.345 e. The average Bonchev–Trinajstić information content (AvgIpc) is 2.14. The average molecular weight is 125 g/mol. The molecule has 0 aromatic rings. The van der Waals surface area contributed by atoms with Gasteiger partial charge in [0.1, 0.15) is 0 Å². The van der Waals surface area contributed by atoms with Gasteiger partial charge < -0.3 is 9.07 Å². The smallest absolute Gasteiger partial charge is 0.345 e. The van der Waals surface area contributed by atoms with Crippen molar-refractivity contribution in [3.8, 4) is 0 Å².